The molecule has 1 heterocycles. The van der Waals surface area contributed by atoms with Crippen LogP contribution in [-0.4, -0.2) is 20.0 Å². The molecule has 0 bridgehead atoms. The molecule has 0 N–H and O–H groups in total. The van der Waals surface area contributed by atoms with Crippen molar-refractivity contribution in [3.63, 3.8) is 0 Å². The fourth-order valence-corrected chi connectivity index (χ4v) is 3.14. The van der Waals surface area contributed by atoms with Crippen LogP contribution in [0.4, 0.5) is 0 Å². The van der Waals surface area contributed by atoms with E-state index in [9.17, 15) is 5.26 Å². The van der Waals surface area contributed by atoms with Crippen LogP contribution < -0.4 is 9.47 Å². The van der Waals surface area contributed by atoms with Crippen molar-refractivity contribution in [2.24, 2.45) is 0 Å². The maximum atomic E-state index is 9.66. The Labute approximate surface area is 155 Å². The zero-order chi connectivity index (χ0) is 18.5. The van der Waals surface area contributed by atoms with Gasteiger partial charge in [0.15, 0.2) is 17.8 Å². The molecule has 3 rings (SSSR count). The predicted molar refractivity (Wildman–Crippen MR) is 101 cm³/mol. The van der Waals surface area contributed by atoms with Gasteiger partial charge in [-0.3, -0.25) is 0 Å². The summed E-state index contributed by atoms with van der Waals surface area (Å²) in [6, 6.07) is 14.4. The Morgan fingerprint density at radius 3 is 2.65 bits per heavy atom. The topological polar surface area (TPSA) is 51.5 Å². The molecule has 2 aromatic rings. The first-order chi connectivity index (χ1) is 12.6. The molecule has 0 radical (unpaired) electrons. The van der Waals surface area contributed by atoms with E-state index in [-0.39, 0.29) is 6.29 Å². The third-order valence-corrected chi connectivity index (χ3v) is 4.67. The molecular formula is C22H25NO3. The maximum absolute atomic E-state index is 9.66. The van der Waals surface area contributed by atoms with Crippen molar-refractivity contribution < 1.29 is 14.2 Å². The molecule has 0 aliphatic carbocycles. The van der Waals surface area contributed by atoms with Crippen LogP contribution in [0.2, 0.25) is 0 Å². The average Bonchev–Trinajstić information content (AvgIpc) is 2.68. The molecule has 26 heavy (non-hydrogen) atoms. The van der Waals surface area contributed by atoms with E-state index in [0.717, 1.165) is 30.4 Å². The van der Waals surface area contributed by atoms with E-state index in [1.807, 2.05) is 24.3 Å². The van der Waals surface area contributed by atoms with Crippen molar-refractivity contribution in [3.05, 3.63) is 47.5 Å². The van der Waals surface area contributed by atoms with Crippen molar-refractivity contribution in [1.29, 1.82) is 5.26 Å². The molecule has 0 saturated carbocycles. The highest BCUT2D eigenvalue weighted by molar-refractivity contribution is 5.71. The van der Waals surface area contributed by atoms with Crippen LogP contribution in [0.1, 0.15) is 50.2 Å². The first-order valence-electron chi connectivity index (χ1n) is 9.13. The van der Waals surface area contributed by atoms with Gasteiger partial charge in [0.05, 0.1) is 19.3 Å². The number of nitriles is 1. The molecule has 136 valence electrons. The van der Waals surface area contributed by atoms with E-state index in [2.05, 4.69) is 32.0 Å². The van der Waals surface area contributed by atoms with E-state index in [4.69, 9.17) is 14.2 Å². The first kappa shape index (κ1) is 18.3. The van der Waals surface area contributed by atoms with E-state index in [1.165, 1.54) is 5.56 Å². The van der Waals surface area contributed by atoms with Crippen LogP contribution in [0.3, 0.4) is 0 Å². The van der Waals surface area contributed by atoms with Crippen molar-refractivity contribution in [3.8, 4) is 28.7 Å². The fourth-order valence-electron chi connectivity index (χ4n) is 3.14. The number of nitrogens with zero attached hydrogens (tertiary/aromatic N) is 1. The summed E-state index contributed by atoms with van der Waals surface area (Å²) in [7, 11) is 1.60. The van der Waals surface area contributed by atoms with Gasteiger partial charge in [-0.05, 0) is 47.6 Å². The van der Waals surface area contributed by atoms with Gasteiger partial charge < -0.3 is 14.2 Å². The normalized spacial score (nSPS) is 17.0. The summed E-state index contributed by atoms with van der Waals surface area (Å²) in [6.45, 7) is 5.03. The van der Waals surface area contributed by atoms with E-state index in [0.29, 0.717) is 29.6 Å². The molecule has 1 unspecified atom stereocenters. The highest BCUT2D eigenvalue weighted by atomic mass is 16.7. The van der Waals surface area contributed by atoms with Gasteiger partial charge >= 0.3 is 0 Å². The molecule has 0 amide bonds. The summed E-state index contributed by atoms with van der Waals surface area (Å²) in [5.41, 5.74) is 3.73. The quantitative estimate of drug-likeness (QED) is 0.737. The predicted octanol–water partition coefficient (Wildman–Crippen LogP) is 5.26. The van der Waals surface area contributed by atoms with Crippen molar-refractivity contribution in [2.75, 3.05) is 13.7 Å². The van der Waals surface area contributed by atoms with Crippen LogP contribution in [0, 0.1) is 11.3 Å². The van der Waals surface area contributed by atoms with Gasteiger partial charge in [0.2, 0.25) is 0 Å². The van der Waals surface area contributed by atoms with E-state index >= 15 is 0 Å². The second-order valence-electron chi connectivity index (χ2n) is 6.86. The number of benzene rings is 2. The van der Waals surface area contributed by atoms with Crippen LogP contribution >= 0.6 is 0 Å². The fraction of sp³-hybridized carbons (Fsp3) is 0.409. The number of methoxy groups -OCH3 is 1. The highest BCUT2D eigenvalue weighted by Gasteiger charge is 2.21. The lowest BCUT2D eigenvalue weighted by atomic mass is 9.96. The monoisotopic (exact) mass is 351 g/mol. The van der Waals surface area contributed by atoms with Gasteiger partial charge in [0, 0.05) is 6.42 Å². The van der Waals surface area contributed by atoms with Crippen LogP contribution in [0.25, 0.3) is 11.1 Å². The zero-order valence-electron chi connectivity index (χ0n) is 15.6. The van der Waals surface area contributed by atoms with Crippen molar-refractivity contribution in [1.82, 2.24) is 0 Å². The average molecular weight is 351 g/mol. The van der Waals surface area contributed by atoms with Gasteiger partial charge in [-0.2, -0.15) is 5.26 Å². The summed E-state index contributed by atoms with van der Waals surface area (Å²) in [5.74, 6) is 1.46. The summed E-state index contributed by atoms with van der Waals surface area (Å²) in [5, 5.41) is 9.66. The second kappa shape index (κ2) is 8.25. The first-order valence-corrected chi connectivity index (χ1v) is 9.13. The second-order valence-corrected chi connectivity index (χ2v) is 6.86. The number of hydrogen-bond acceptors (Lipinski definition) is 4. The lowest BCUT2D eigenvalue weighted by molar-refractivity contribution is -0.106. The molecule has 0 aromatic heterocycles. The molecule has 1 aliphatic heterocycles. The minimum atomic E-state index is -0.320. The smallest absolute Gasteiger partial charge is 0.200 e. The third kappa shape index (κ3) is 4.00. The standard InChI is InChI=1S/C22H25NO3/c1-15(2)16-7-6-8-17(11-16)18-12-19(14-23)22(20(13-18)24-3)26-21-9-4-5-10-25-21/h6-8,11-13,15,21H,4-5,9-10H2,1-3H3. The van der Waals surface area contributed by atoms with Crippen LogP contribution in [-0.2, 0) is 4.74 Å². The molecule has 4 heteroatoms. The zero-order valence-corrected chi connectivity index (χ0v) is 15.6. The molecule has 1 saturated heterocycles. The van der Waals surface area contributed by atoms with Crippen LogP contribution in [0.15, 0.2) is 36.4 Å². The molecular weight excluding hydrogens is 326 g/mol. The Balaban J connectivity index is 1.98. The molecule has 4 nitrogen and oxygen atoms in total. The van der Waals surface area contributed by atoms with E-state index < -0.39 is 0 Å². The molecule has 1 atom stereocenters. The van der Waals surface area contributed by atoms with Gasteiger partial charge in [-0.15, -0.1) is 0 Å². The Morgan fingerprint density at radius 1 is 1.15 bits per heavy atom. The minimum Gasteiger partial charge on any atom is -0.493 e. The SMILES string of the molecule is COc1cc(-c2cccc(C(C)C)c2)cc(C#N)c1OC1CCCCO1. The van der Waals surface area contributed by atoms with Gasteiger partial charge in [-0.1, -0.05) is 38.1 Å². The van der Waals surface area contributed by atoms with Gasteiger partial charge in [0.1, 0.15) is 6.07 Å². The Kier molecular flexibility index (Phi) is 5.80. The van der Waals surface area contributed by atoms with Crippen molar-refractivity contribution in [2.45, 2.75) is 45.3 Å². The molecule has 1 aliphatic rings. The van der Waals surface area contributed by atoms with Gasteiger partial charge in [-0.25, -0.2) is 0 Å². The van der Waals surface area contributed by atoms with E-state index in [1.54, 1.807) is 7.11 Å². The lowest BCUT2D eigenvalue weighted by Crippen LogP contribution is -2.25. The summed E-state index contributed by atoms with van der Waals surface area (Å²) < 4.78 is 17.2. The number of ether oxygens (including phenoxy) is 3. The summed E-state index contributed by atoms with van der Waals surface area (Å²) in [6.07, 6.45) is 2.62. The minimum absolute atomic E-state index is 0.320. The third-order valence-electron chi connectivity index (χ3n) is 4.67. The van der Waals surface area contributed by atoms with Crippen LogP contribution in [0.5, 0.6) is 11.5 Å². The highest BCUT2D eigenvalue weighted by Crippen LogP contribution is 2.38. The summed E-state index contributed by atoms with van der Waals surface area (Å²) in [4.78, 5) is 0. The van der Waals surface area contributed by atoms with Gasteiger partial charge in [0.25, 0.3) is 0 Å². The molecule has 0 spiro atoms. The summed E-state index contributed by atoms with van der Waals surface area (Å²) >= 11 is 0. The number of hydrogen-bond donors (Lipinski definition) is 0. The molecule has 2 aromatic carbocycles. The Bertz CT molecular complexity index is 802. The lowest BCUT2D eigenvalue weighted by Gasteiger charge is -2.25. The number of rotatable bonds is 5. The van der Waals surface area contributed by atoms with Crippen molar-refractivity contribution >= 4 is 0 Å². The molecule has 1 fully saturated rings. The maximum Gasteiger partial charge on any atom is 0.200 e. The Hall–Kier alpha value is -2.51. The largest absolute Gasteiger partial charge is 0.493 e. The Morgan fingerprint density at radius 2 is 2.00 bits per heavy atom.